The third-order valence-electron chi connectivity index (χ3n) is 3.12. The molecule has 0 fully saturated rings. The summed E-state index contributed by atoms with van der Waals surface area (Å²) in [5.41, 5.74) is 2.25. The maximum atomic E-state index is 11.2. The summed E-state index contributed by atoms with van der Waals surface area (Å²) in [6.45, 7) is 2.02. The SMILES string of the molecule is COC(=O)CCc1ccc(Oc2ccccc2)cc1C. The first-order chi connectivity index (χ1) is 9.69. The molecule has 0 heterocycles. The molecule has 2 aromatic carbocycles. The van der Waals surface area contributed by atoms with Crippen LogP contribution in [0.25, 0.3) is 0 Å². The van der Waals surface area contributed by atoms with Crippen molar-refractivity contribution in [1.29, 1.82) is 0 Å². The number of carbonyl (C=O) groups excluding carboxylic acids is 1. The van der Waals surface area contributed by atoms with Crippen molar-refractivity contribution in [3.63, 3.8) is 0 Å². The van der Waals surface area contributed by atoms with Gasteiger partial charge in [-0.3, -0.25) is 4.79 Å². The highest BCUT2D eigenvalue weighted by Crippen LogP contribution is 2.24. The Balaban J connectivity index is 2.04. The Labute approximate surface area is 119 Å². The predicted octanol–water partition coefficient (Wildman–Crippen LogP) is 3.89. The molecule has 0 N–H and O–H groups in total. The van der Waals surface area contributed by atoms with Crippen LogP contribution in [0.5, 0.6) is 11.5 Å². The Morgan fingerprint density at radius 2 is 1.80 bits per heavy atom. The highest BCUT2D eigenvalue weighted by atomic mass is 16.5. The number of hydrogen-bond donors (Lipinski definition) is 0. The molecular weight excluding hydrogens is 252 g/mol. The lowest BCUT2D eigenvalue weighted by molar-refractivity contribution is -0.140. The normalized spacial score (nSPS) is 10.1. The Hall–Kier alpha value is -2.29. The summed E-state index contributed by atoms with van der Waals surface area (Å²) in [5, 5.41) is 0. The molecule has 0 saturated carbocycles. The van der Waals surface area contributed by atoms with Gasteiger partial charge in [-0.25, -0.2) is 0 Å². The molecule has 0 saturated heterocycles. The molecule has 0 atom stereocenters. The summed E-state index contributed by atoms with van der Waals surface area (Å²) in [6.07, 6.45) is 1.08. The molecule has 0 bridgehead atoms. The van der Waals surface area contributed by atoms with E-state index in [0.29, 0.717) is 12.8 Å². The van der Waals surface area contributed by atoms with Crippen LogP contribution < -0.4 is 4.74 Å². The lowest BCUT2D eigenvalue weighted by Gasteiger charge is -2.09. The summed E-state index contributed by atoms with van der Waals surface area (Å²) in [6, 6.07) is 15.6. The molecule has 0 unspecified atom stereocenters. The topological polar surface area (TPSA) is 35.5 Å². The number of esters is 1. The Kier molecular flexibility index (Phi) is 4.77. The molecule has 3 nitrogen and oxygen atoms in total. The van der Waals surface area contributed by atoms with E-state index in [1.165, 1.54) is 7.11 Å². The van der Waals surface area contributed by atoms with E-state index >= 15 is 0 Å². The molecule has 0 aromatic heterocycles. The van der Waals surface area contributed by atoms with Crippen LogP contribution in [0.3, 0.4) is 0 Å². The number of para-hydroxylation sites is 1. The van der Waals surface area contributed by atoms with Crippen molar-refractivity contribution in [2.24, 2.45) is 0 Å². The van der Waals surface area contributed by atoms with Crippen molar-refractivity contribution in [1.82, 2.24) is 0 Å². The minimum atomic E-state index is -0.186. The van der Waals surface area contributed by atoms with Gasteiger partial charge in [-0.2, -0.15) is 0 Å². The van der Waals surface area contributed by atoms with Gasteiger partial charge in [0.1, 0.15) is 11.5 Å². The highest BCUT2D eigenvalue weighted by Gasteiger charge is 2.05. The number of benzene rings is 2. The van der Waals surface area contributed by atoms with Crippen LogP contribution in [0.2, 0.25) is 0 Å². The first kappa shape index (κ1) is 14.1. The van der Waals surface area contributed by atoms with Crippen molar-refractivity contribution in [2.75, 3.05) is 7.11 Å². The van der Waals surface area contributed by atoms with Crippen molar-refractivity contribution in [3.8, 4) is 11.5 Å². The standard InChI is InChI=1S/C17H18O3/c1-13-12-16(20-15-6-4-3-5-7-15)10-8-14(13)9-11-17(18)19-2/h3-8,10,12H,9,11H2,1-2H3. The molecule has 0 amide bonds. The van der Waals surface area contributed by atoms with Gasteiger partial charge in [-0.05, 0) is 48.7 Å². The van der Waals surface area contributed by atoms with Gasteiger partial charge in [0, 0.05) is 6.42 Å². The van der Waals surface area contributed by atoms with Gasteiger partial charge in [0.05, 0.1) is 7.11 Å². The van der Waals surface area contributed by atoms with Gasteiger partial charge in [0.2, 0.25) is 0 Å². The van der Waals surface area contributed by atoms with E-state index in [1.807, 2.05) is 55.5 Å². The molecule has 3 heteroatoms. The number of methoxy groups -OCH3 is 1. The third kappa shape index (κ3) is 3.85. The quantitative estimate of drug-likeness (QED) is 0.773. The zero-order valence-corrected chi connectivity index (χ0v) is 11.8. The fourth-order valence-corrected chi connectivity index (χ4v) is 1.98. The maximum Gasteiger partial charge on any atom is 0.305 e. The molecule has 20 heavy (non-hydrogen) atoms. The van der Waals surface area contributed by atoms with Gasteiger partial charge in [-0.1, -0.05) is 24.3 Å². The number of ether oxygens (including phenoxy) is 2. The Morgan fingerprint density at radius 3 is 2.45 bits per heavy atom. The number of rotatable bonds is 5. The lowest BCUT2D eigenvalue weighted by atomic mass is 10.0. The highest BCUT2D eigenvalue weighted by molar-refractivity contribution is 5.69. The van der Waals surface area contributed by atoms with Crippen LogP contribution in [0.15, 0.2) is 48.5 Å². The maximum absolute atomic E-state index is 11.2. The first-order valence-electron chi connectivity index (χ1n) is 6.58. The van der Waals surface area contributed by atoms with Crippen molar-refractivity contribution in [2.45, 2.75) is 19.8 Å². The molecule has 2 aromatic rings. The minimum Gasteiger partial charge on any atom is -0.469 e. The van der Waals surface area contributed by atoms with E-state index in [-0.39, 0.29) is 5.97 Å². The van der Waals surface area contributed by atoms with Crippen molar-refractivity contribution >= 4 is 5.97 Å². The molecular formula is C17H18O3. The zero-order valence-electron chi connectivity index (χ0n) is 11.8. The first-order valence-corrected chi connectivity index (χ1v) is 6.58. The molecule has 0 aliphatic heterocycles. The van der Waals surface area contributed by atoms with E-state index in [1.54, 1.807) is 0 Å². The average Bonchev–Trinajstić information content (AvgIpc) is 2.47. The van der Waals surface area contributed by atoms with Gasteiger partial charge in [0.15, 0.2) is 0 Å². The second-order valence-electron chi connectivity index (χ2n) is 4.58. The fourth-order valence-electron chi connectivity index (χ4n) is 1.98. The lowest BCUT2D eigenvalue weighted by Crippen LogP contribution is -2.02. The summed E-state index contributed by atoms with van der Waals surface area (Å²) < 4.78 is 10.4. The Morgan fingerprint density at radius 1 is 1.05 bits per heavy atom. The monoisotopic (exact) mass is 270 g/mol. The molecule has 2 rings (SSSR count). The van der Waals surface area contributed by atoms with Crippen LogP contribution in [0, 0.1) is 6.92 Å². The number of hydrogen-bond acceptors (Lipinski definition) is 3. The van der Waals surface area contributed by atoms with E-state index in [0.717, 1.165) is 22.6 Å². The third-order valence-corrected chi connectivity index (χ3v) is 3.12. The van der Waals surface area contributed by atoms with Crippen LogP contribution in [0.4, 0.5) is 0 Å². The average molecular weight is 270 g/mol. The second-order valence-corrected chi connectivity index (χ2v) is 4.58. The summed E-state index contributed by atoms with van der Waals surface area (Å²) in [5.74, 6) is 1.43. The molecule has 0 aliphatic carbocycles. The van der Waals surface area contributed by atoms with Gasteiger partial charge >= 0.3 is 5.97 Å². The fraction of sp³-hybridized carbons (Fsp3) is 0.235. The van der Waals surface area contributed by atoms with Gasteiger partial charge in [0.25, 0.3) is 0 Å². The van der Waals surface area contributed by atoms with Crippen molar-refractivity contribution < 1.29 is 14.3 Å². The number of carbonyl (C=O) groups is 1. The largest absolute Gasteiger partial charge is 0.469 e. The summed E-state index contributed by atoms with van der Waals surface area (Å²) in [4.78, 5) is 11.2. The van der Waals surface area contributed by atoms with E-state index < -0.39 is 0 Å². The zero-order chi connectivity index (χ0) is 14.4. The van der Waals surface area contributed by atoms with E-state index in [9.17, 15) is 4.79 Å². The van der Waals surface area contributed by atoms with Crippen LogP contribution in [-0.2, 0) is 16.0 Å². The minimum absolute atomic E-state index is 0.186. The summed E-state index contributed by atoms with van der Waals surface area (Å²) >= 11 is 0. The number of aryl methyl sites for hydroxylation is 2. The summed E-state index contributed by atoms with van der Waals surface area (Å²) in [7, 11) is 1.41. The van der Waals surface area contributed by atoms with E-state index in [4.69, 9.17) is 4.74 Å². The molecule has 104 valence electrons. The van der Waals surface area contributed by atoms with Gasteiger partial charge in [-0.15, -0.1) is 0 Å². The van der Waals surface area contributed by atoms with Crippen LogP contribution in [0.1, 0.15) is 17.5 Å². The molecule has 0 spiro atoms. The smallest absolute Gasteiger partial charge is 0.305 e. The van der Waals surface area contributed by atoms with Crippen LogP contribution >= 0.6 is 0 Å². The second kappa shape index (κ2) is 6.75. The predicted molar refractivity (Wildman–Crippen MR) is 78.0 cm³/mol. The van der Waals surface area contributed by atoms with Crippen molar-refractivity contribution in [3.05, 3.63) is 59.7 Å². The molecule has 0 aliphatic rings. The van der Waals surface area contributed by atoms with Gasteiger partial charge < -0.3 is 9.47 Å². The molecule has 0 radical (unpaired) electrons. The Bertz CT molecular complexity index is 576. The van der Waals surface area contributed by atoms with E-state index in [2.05, 4.69) is 4.74 Å². The van der Waals surface area contributed by atoms with Crippen LogP contribution in [-0.4, -0.2) is 13.1 Å².